The van der Waals surface area contributed by atoms with Crippen LogP contribution in [-0.4, -0.2) is 12.5 Å². The summed E-state index contributed by atoms with van der Waals surface area (Å²) in [5.41, 5.74) is 9.67. The first kappa shape index (κ1) is 13.3. The summed E-state index contributed by atoms with van der Waals surface area (Å²) in [5, 5.41) is 3.10. The predicted molar refractivity (Wildman–Crippen MR) is 79.7 cm³/mol. The molecule has 3 nitrogen and oxygen atoms in total. The highest BCUT2D eigenvalue weighted by molar-refractivity contribution is 14.0. The molecule has 0 spiro atoms. The molecule has 0 saturated heterocycles. The van der Waals surface area contributed by atoms with Gasteiger partial charge in [-0.3, -0.25) is 4.99 Å². The first-order valence-electron chi connectivity index (χ1n) is 5.48. The Balaban J connectivity index is 0.00000128. The maximum Gasteiger partial charge on any atom is 0.193 e. The number of nitrogens with one attached hydrogen (secondary N) is 1. The third kappa shape index (κ3) is 3.10. The maximum atomic E-state index is 5.70. The van der Waals surface area contributed by atoms with E-state index in [1.54, 1.807) is 0 Å². The molecule has 0 bridgehead atoms. The second-order valence-electron chi connectivity index (χ2n) is 3.82. The third-order valence-electron chi connectivity index (χ3n) is 2.70. The largest absolute Gasteiger partial charge is 0.370 e. The SMILES string of the molecule is CCN=C(N)Nc1ccc2c(c1)CCC2.I. The van der Waals surface area contributed by atoms with Crippen LogP contribution < -0.4 is 11.1 Å². The molecule has 0 atom stereocenters. The highest BCUT2D eigenvalue weighted by atomic mass is 127. The molecule has 0 radical (unpaired) electrons. The van der Waals surface area contributed by atoms with E-state index in [1.165, 1.54) is 30.4 Å². The van der Waals surface area contributed by atoms with E-state index in [1.807, 2.05) is 6.92 Å². The molecule has 3 N–H and O–H groups in total. The van der Waals surface area contributed by atoms with Gasteiger partial charge in [-0.2, -0.15) is 0 Å². The Morgan fingerprint density at radius 2 is 2.12 bits per heavy atom. The lowest BCUT2D eigenvalue weighted by molar-refractivity contribution is 0.912. The van der Waals surface area contributed by atoms with Gasteiger partial charge in [-0.1, -0.05) is 6.07 Å². The molecule has 1 aromatic carbocycles. The summed E-state index contributed by atoms with van der Waals surface area (Å²) in [6.07, 6.45) is 3.68. The van der Waals surface area contributed by atoms with Crippen molar-refractivity contribution in [2.24, 2.45) is 10.7 Å². The van der Waals surface area contributed by atoms with Crippen LogP contribution in [0.4, 0.5) is 5.69 Å². The number of aryl methyl sites for hydroxylation is 2. The van der Waals surface area contributed by atoms with Crippen LogP contribution in [0.5, 0.6) is 0 Å². The van der Waals surface area contributed by atoms with Crippen LogP contribution in [0.1, 0.15) is 24.5 Å². The zero-order valence-corrected chi connectivity index (χ0v) is 11.8. The molecular weight excluding hydrogens is 313 g/mol. The number of hydrogen-bond acceptors (Lipinski definition) is 1. The molecule has 0 heterocycles. The zero-order chi connectivity index (χ0) is 10.7. The number of aliphatic imine (C=N–C) groups is 1. The smallest absolute Gasteiger partial charge is 0.193 e. The van der Waals surface area contributed by atoms with Crippen LogP contribution >= 0.6 is 24.0 Å². The second kappa shape index (κ2) is 6.08. The van der Waals surface area contributed by atoms with Crippen molar-refractivity contribution in [3.8, 4) is 0 Å². The lowest BCUT2D eigenvalue weighted by Crippen LogP contribution is -2.22. The van der Waals surface area contributed by atoms with E-state index < -0.39 is 0 Å². The molecule has 1 aromatic rings. The predicted octanol–water partition coefficient (Wildman–Crippen LogP) is 2.54. The molecule has 1 aliphatic carbocycles. The van der Waals surface area contributed by atoms with E-state index in [4.69, 9.17) is 5.73 Å². The highest BCUT2D eigenvalue weighted by Gasteiger charge is 2.10. The first-order chi connectivity index (χ1) is 7.29. The van der Waals surface area contributed by atoms with Gasteiger partial charge in [0.15, 0.2) is 5.96 Å². The summed E-state index contributed by atoms with van der Waals surface area (Å²) < 4.78 is 0. The standard InChI is InChI=1S/C12H17N3.HI/c1-2-14-12(13)15-11-7-6-9-4-3-5-10(9)8-11;/h6-8H,2-5H2,1H3,(H3,13,14,15);1H. The van der Waals surface area contributed by atoms with Gasteiger partial charge in [-0.15, -0.1) is 24.0 Å². The lowest BCUT2D eigenvalue weighted by Gasteiger charge is -2.07. The number of benzene rings is 1. The fourth-order valence-electron chi connectivity index (χ4n) is 2.01. The Labute approximate surface area is 114 Å². The van der Waals surface area contributed by atoms with Crippen LogP contribution in [0, 0.1) is 0 Å². The van der Waals surface area contributed by atoms with Crippen molar-refractivity contribution in [3.05, 3.63) is 29.3 Å². The lowest BCUT2D eigenvalue weighted by atomic mass is 10.1. The molecule has 0 fully saturated rings. The number of nitrogens with two attached hydrogens (primary N) is 1. The van der Waals surface area contributed by atoms with Crippen LogP contribution in [0.25, 0.3) is 0 Å². The molecule has 0 saturated carbocycles. The van der Waals surface area contributed by atoms with Crippen molar-refractivity contribution in [3.63, 3.8) is 0 Å². The quantitative estimate of drug-likeness (QED) is 0.497. The van der Waals surface area contributed by atoms with Crippen molar-refractivity contribution < 1.29 is 0 Å². The van der Waals surface area contributed by atoms with E-state index in [0.29, 0.717) is 12.5 Å². The normalized spacial score (nSPS) is 14.2. The van der Waals surface area contributed by atoms with Gasteiger partial charge in [0.1, 0.15) is 0 Å². The summed E-state index contributed by atoms with van der Waals surface area (Å²) in [5.74, 6) is 0.496. The van der Waals surface area contributed by atoms with E-state index in [-0.39, 0.29) is 24.0 Å². The fourth-order valence-corrected chi connectivity index (χ4v) is 2.01. The van der Waals surface area contributed by atoms with E-state index in [2.05, 4.69) is 28.5 Å². The molecular formula is C12H18IN3. The van der Waals surface area contributed by atoms with Gasteiger partial charge < -0.3 is 11.1 Å². The summed E-state index contributed by atoms with van der Waals surface area (Å²) >= 11 is 0. The fraction of sp³-hybridized carbons (Fsp3) is 0.417. The van der Waals surface area contributed by atoms with Gasteiger partial charge in [-0.25, -0.2) is 0 Å². The molecule has 88 valence electrons. The van der Waals surface area contributed by atoms with Gasteiger partial charge in [0.25, 0.3) is 0 Å². The van der Waals surface area contributed by atoms with Crippen molar-refractivity contribution in [2.45, 2.75) is 26.2 Å². The Morgan fingerprint density at radius 1 is 1.38 bits per heavy atom. The number of nitrogens with zero attached hydrogens (tertiary/aromatic N) is 1. The molecule has 0 aliphatic heterocycles. The number of hydrogen-bond donors (Lipinski definition) is 2. The van der Waals surface area contributed by atoms with Crippen LogP contribution in [0.15, 0.2) is 23.2 Å². The second-order valence-corrected chi connectivity index (χ2v) is 3.82. The van der Waals surface area contributed by atoms with Crippen molar-refractivity contribution in [1.82, 2.24) is 0 Å². The minimum absolute atomic E-state index is 0. The maximum absolute atomic E-state index is 5.70. The highest BCUT2D eigenvalue weighted by Crippen LogP contribution is 2.24. The number of guanidine groups is 1. The average Bonchev–Trinajstić information content (AvgIpc) is 2.65. The summed E-state index contributed by atoms with van der Waals surface area (Å²) in [4.78, 5) is 4.10. The minimum Gasteiger partial charge on any atom is -0.370 e. The molecule has 2 rings (SSSR count). The van der Waals surface area contributed by atoms with Gasteiger partial charge in [0, 0.05) is 12.2 Å². The molecule has 16 heavy (non-hydrogen) atoms. The monoisotopic (exact) mass is 331 g/mol. The van der Waals surface area contributed by atoms with Crippen molar-refractivity contribution in [2.75, 3.05) is 11.9 Å². The van der Waals surface area contributed by atoms with Crippen molar-refractivity contribution >= 4 is 35.6 Å². The Hall–Kier alpha value is -0.780. The number of fused-ring (bicyclic) bond motifs is 1. The molecule has 4 heteroatoms. The minimum atomic E-state index is 0. The molecule has 0 amide bonds. The number of anilines is 1. The first-order valence-corrected chi connectivity index (χ1v) is 5.48. The van der Waals surface area contributed by atoms with Gasteiger partial charge in [0.05, 0.1) is 0 Å². The Bertz CT molecular complexity index is 388. The van der Waals surface area contributed by atoms with E-state index in [0.717, 1.165) is 5.69 Å². The van der Waals surface area contributed by atoms with E-state index >= 15 is 0 Å². The van der Waals surface area contributed by atoms with Gasteiger partial charge in [0.2, 0.25) is 0 Å². The zero-order valence-electron chi connectivity index (χ0n) is 9.49. The topological polar surface area (TPSA) is 50.4 Å². The van der Waals surface area contributed by atoms with Gasteiger partial charge in [-0.05, 0) is 49.4 Å². The molecule has 0 aromatic heterocycles. The Morgan fingerprint density at radius 3 is 2.88 bits per heavy atom. The molecule has 1 aliphatic rings. The Kier molecular flexibility index (Phi) is 5.05. The van der Waals surface area contributed by atoms with E-state index in [9.17, 15) is 0 Å². The summed E-state index contributed by atoms with van der Waals surface area (Å²) in [7, 11) is 0. The number of halogens is 1. The summed E-state index contributed by atoms with van der Waals surface area (Å²) in [6.45, 7) is 2.68. The van der Waals surface area contributed by atoms with Crippen LogP contribution in [-0.2, 0) is 12.8 Å². The number of rotatable bonds is 2. The molecule has 0 unspecified atom stereocenters. The third-order valence-corrected chi connectivity index (χ3v) is 2.70. The van der Waals surface area contributed by atoms with Gasteiger partial charge >= 0.3 is 0 Å². The summed E-state index contributed by atoms with van der Waals surface area (Å²) in [6, 6.07) is 6.44. The van der Waals surface area contributed by atoms with Crippen LogP contribution in [0.2, 0.25) is 0 Å². The average molecular weight is 331 g/mol. The van der Waals surface area contributed by atoms with Crippen LogP contribution in [0.3, 0.4) is 0 Å². The van der Waals surface area contributed by atoms with Crippen molar-refractivity contribution in [1.29, 1.82) is 0 Å².